The molecule has 0 bridgehead atoms. The van der Waals surface area contributed by atoms with Crippen LogP contribution in [0.4, 0.5) is 0 Å². The lowest BCUT2D eigenvalue weighted by molar-refractivity contribution is -0.163. The van der Waals surface area contributed by atoms with E-state index in [0.717, 1.165) is 16.7 Å². The van der Waals surface area contributed by atoms with Gasteiger partial charge in [0.1, 0.15) is 23.6 Å². The minimum Gasteiger partial charge on any atom is -0.490 e. The fourth-order valence-corrected chi connectivity index (χ4v) is 4.88. The van der Waals surface area contributed by atoms with Crippen molar-refractivity contribution < 1.29 is 29.6 Å². The summed E-state index contributed by atoms with van der Waals surface area (Å²) >= 11 is 0. The van der Waals surface area contributed by atoms with Gasteiger partial charge in [0.2, 0.25) is 0 Å². The molecule has 0 saturated heterocycles. The highest BCUT2D eigenvalue weighted by molar-refractivity contribution is 5.68. The van der Waals surface area contributed by atoms with Gasteiger partial charge in [0.15, 0.2) is 0 Å². The summed E-state index contributed by atoms with van der Waals surface area (Å²) < 4.78 is 12.0. The lowest BCUT2D eigenvalue weighted by atomic mass is 9.84. The molecule has 3 aromatic rings. The molecule has 1 aliphatic carbocycles. The largest absolute Gasteiger partial charge is 0.490 e. The third-order valence-corrected chi connectivity index (χ3v) is 6.87. The molecule has 37 heavy (non-hydrogen) atoms. The number of carboxylic acids is 1. The Balaban J connectivity index is 1.50. The first kappa shape index (κ1) is 26.6. The van der Waals surface area contributed by atoms with E-state index in [1.807, 2.05) is 84.9 Å². The van der Waals surface area contributed by atoms with Gasteiger partial charge in [-0.1, -0.05) is 78.9 Å². The first-order chi connectivity index (χ1) is 17.8. The molecular weight excluding hydrogens is 468 g/mol. The molecule has 1 aliphatic rings. The molecule has 1 fully saturated rings. The molecule has 6 nitrogen and oxygen atoms in total. The summed E-state index contributed by atoms with van der Waals surface area (Å²) in [5.41, 5.74) is 0.401. The first-order valence-corrected chi connectivity index (χ1v) is 12.6. The lowest BCUT2D eigenvalue weighted by Gasteiger charge is -2.36. The highest BCUT2D eigenvalue weighted by Crippen LogP contribution is 2.43. The van der Waals surface area contributed by atoms with E-state index in [1.165, 1.54) is 0 Å². The third kappa shape index (κ3) is 6.86. The summed E-state index contributed by atoms with van der Waals surface area (Å²) in [5, 5.41) is 31.5. The number of aliphatic hydroxyl groups is 2. The van der Waals surface area contributed by atoms with Gasteiger partial charge in [0.05, 0.1) is 19.1 Å². The topological polar surface area (TPSA) is 96.2 Å². The van der Waals surface area contributed by atoms with Crippen LogP contribution in [0.25, 0.3) is 11.1 Å². The Labute approximate surface area is 217 Å². The summed E-state index contributed by atoms with van der Waals surface area (Å²) in [6, 6.07) is 27.1. The molecule has 194 valence electrons. The molecular formula is C31H34O6. The van der Waals surface area contributed by atoms with Gasteiger partial charge in [-0.05, 0) is 54.7 Å². The van der Waals surface area contributed by atoms with Crippen LogP contribution >= 0.6 is 0 Å². The molecule has 0 aromatic heterocycles. The maximum absolute atomic E-state index is 11.9. The van der Waals surface area contributed by atoms with Gasteiger partial charge in [-0.2, -0.15) is 0 Å². The Kier molecular flexibility index (Phi) is 8.44. The zero-order chi connectivity index (χ0) is 26.3. The second-order valence-corrected chi connectivity index (χ2v) is 9.90. The predicted molar refractivity (Wildman–Crippen MR) is 142 cm³/mol. The number of carbonyl (C=O) groups is 1. The molecule has 3 aromatic carbocycles. The number of rotatable bonds is 11. The van der Waals surface area contributed by atoms with Crippen LogP contribution < -0.4 is 4.74 Å². The first-order valence-electron chi connectivity index (χ1n) is 12.6. The normalized spacial score (nSPS) is 23.1. The van der Waals surface area contributed by atoms with Crippen molar-refractivity contribution in [1.82, 2.24) is 0 Å². The molecule has 4 unspecified atom stereocenters. The molecule has 0 heterocycles. The highest BCUT2D eigenvalue weighted by Gasteiger charge is 2.51. The third-order valence-electron chi connectivity index (χ3n) is 6.87. The lowest BCUT2D eigenvalue weighted by Crippen LogP contribution is -2.47. The van der Waals surface area contributed by atoms with Crippen molar-refractivity contribution in [2.24, 2.45) is 5.92 Å². The van der Waals surface area contributed by atoms with Crippen molar-refractivity contribution in [2.45, 2.75) is 50.1 Å². The minimum absolute atomic E-state index is 0.0296. The van der Waals surface area contributed by atoms with Crippen LogP contribution in [0.2, 0.25) is 0 Å². The maximum Gasteiger partial charge on any atom is 0.306 e. The number of benzene rings is 3. The molecule has 0 aliphatic heterocycles. The number of ether oxygens (including phenoxy) is 2. The fourth-order valence-electron chi connectivity index (χ4n) is 4.88. The predicted octanol–water partition coefficient (Wildman–Crippen LogP) is 5.24. The minimum atomic E-state index is -1.30. The highest BCUT2D eigenvalue weighted by atomic mass is 16.5. The Hall–Kier alpha value is -3.45. The van der Waals surface area contributed by atoms with E-state index < -0.39 is 23.3 Å². The summed E-state index contributed by atoms with van der Waals surface area (Å²) in [6.07, 6.45) is 3.06. The van der Waals surface area contributed by atoms with Crippen molar-refractivity contribution in [3.8, 4) is 16.9 Å². The van der Waals surface area contributed by atoms with Crippen LogP contribution in [0.5, 0.6) is 5.75 Å². The van der Waals surface area contributed by atoms with Crippen LogP contribution in [0, 0.1) is 5.92 Å². The average Bonchev–Trinajstić information content (AvgIpc) is 3.20. The molecule has 4 rings (SSSR count). The second kappa shape index (κ2) is 11.7. The van der Waals surface area contributed by atoms with Crippen molar-refractivity contribution in [2.75, 3.05) is 6.61 Å². The number of hydrogen-bond donors (Lipinski definition) is 3. The van der Waals surface area contributed by atoms with Crippen LogP contribution in [-0.2, 0) is 16.1 Å². The molecule has 3 N–H and O–H groups in total. The second-order valence-electron chi connectivity index (χ2n) is 9.90. The maximum atomic E-state index is 11.9. The van der Waals surface area contributed by atoms with Gasteiger partial charge >= 0.3 is 5.97 Å². The fraction of sp³-hybridized carbons (Fsp3) is 0.323. The van der Waals surface area contributed by atoms with E-state index in [9.17, 15) is 20.1 Å². The Morgan fingerprint density at radius 2 is 1.68 bits per heavy atom. The molecule has 0 radical (unpaired) electrons. The van der Waals surface area contributed by atoms with Crippen LogP contribution in [-0.4, -0.2) is 45.2 Å². The van der Waals surface area contributed by atoms with Crippen LogP contribution in [0.15, 0.2) is 97.1 Å². The number of para-hydroxylation sites is 1. The van der Waals surface area contributed by atoms with E-state index in [2.05, 4.69) is 0 Å². The number of hydrogen-bond acceptors (Lipinski definition) is 5. The smallest absolute Gasteiger partial charge is 0.306 e. The zero-order valence-electron chi connectivity index (χ0n) is 21.0. The summed E-state index contributed by atoms with van der Waals surface area (Å²) in [5.74, 6) is -0.788. The van der Waals surface area contributed by atoms with E-state index in [4.69, 9.17) is 9.47 Å². The number of aliphatic carboxylic acids is 1. The average molecular weight is 503 g/mol. The van der Waals surface area contributed by atoms with Crippen molar-refractivity contribution in [1.29, 1.82) is 0 Å². The zero-order valence-corrected chi connectivity index (χ0v) is 21.0. The van der Waals surface area contributed by atoms with Gasteiger partial charge in [0.25, 0.3) is 0 Å². The van der Waals surface area contributed by atoms with Gasteiger partial charge in [-0.15, -0.1) is 0 Å². The summed E-state index contributed by atoms with van der Waals surface area (Å²) in [6.45, 7) is 1.82. The Bertz CT molecular complexity index is 1190. The summed E-state index contributed by atoms with van der Waals surface area (Å²) in [4.78, 5) is 11.9. The van der Waals surface area contributed by atoms with Crippen LogP contribution in [0.3, 0.4) is 0 Å². The van der Waals surface area contributed by atoms with E-state index in [0.29, 0.717) is 18.6 Å². The standard InChI is InChI=1S/C31H34O6/c1-30(35,22-36-27-13-6-3-7-14-27)18-17-26-15-16-28(32)31(26,20-29(33)34)37-21-23-9-8-12-25(19-23)24-10-4-2-5-11-24/h2-14,17-19,26,28,32,35H,15-16,20-22H2,1H3,(H,33,34). The van der Waals surface area contributed by atoms with Crippen LogP contribution in [0.1, 0.15) is 31.7 Å². The van der Waals surface area contributed by atoms with E-state index in [1.54, 1.807) is 19.1 Å². The van der Waals surface area contributed by atoms with Gasteiger partial charge < -0.3 is 24.8 Å². The number of carboxylic acid groups (broad SMARTS) is 1. The SMILES string of the molecule is CC(O)(C=CC1CCC(O)C1(CC(=O)O)OCc1cccc(-c2ccccc2)c1)COc1ccccc1. The number of aliphatic hydroxyl groups excluding tert-OH is 1. The summed E-state index contributed by atoms with van der Waals surface area (Å²) in [7, 11) is 0. The van der Waals surface area contributed by atoms with Gasteiger partial charge in [-0.25, -0.2) is 0 Å². The quantitative estimate of drug-likeness (QED) is 0.310. The van der Waals surface area contributed by atoms with Crippen molar-refractivity contribution in [3.63, 3.8) is 0 Å². The monoisotopic (exact) mass is 502 g/mol. The molecule has 1 saturated carbocycles. The van der Waals surface area contributed by atoms with Gasteiger partial charge in [0, 0.05) is 5.92 Å². The molecule has 4 atom stereocenters. The van der Waals surface area contributed by atoms with Gasteiger partial charge in [-0.3, -0.25) is 4.79 Å². The van der Waals surface area contributed by atoms with E-state index in [-0.39, 0.29) is 25.6 Å². The molecule has 0 spiro atoms. The van der Waals surface area contributed by atoms with Crippen molar-refractivity contribution >= 4 is 5.97 Å². The Morgan fingerprint density at radius 3 is 2.38 bits per heavy atom. The van der Waals surface area contributed by atoms with E-state index >= 15 is 0 Å². The molecule has 0 amide bonds. The Morgan fingerprint density at radius 1 is 1.00 bits per heavy atom. The van der Waals surface area contributed by atoms with Crippen molar-refractivity contribution in [3.05, 3.63) is 103 Å². The molecule has 6 heteroatoms.